The minimum atomic E-state index is 0.295. The van der Waals surface area contributed by atoms with Crippen LogP contribution in [0.5, 0.6) is 0 Å². The van der Waals surface area contributed by atoms with Gasteiger partial charge in [-0.1, -0.05) is 0 Å². The molecule has 0 saturated carbocycles. The van der Waals surface area contributed by atoms with E-state index in [9.17, 15) is 0 Å². The molecule has 0 radical (unpaired) electrons. The summed E-state index contributed by atoms with van der Waals surface area (Å²) in [5.74, 6) is 0. The lowest BCUT2D eigenvalue weighted by Gasteiger charge is -2.29. The van der Waals surface area contributed by atoms with E-state index in [4.69, 9.17) is 16.7 Å². The van der Waals surface area contributed by atoms with E-state index in [-0.39, 0.29) is 0 Å². The second kappa shape index (κ2) is 4.96. The molecule has 1 saturated heterocycles. The first-order chi connectivity index (χ1) is 5.33. The molecule has 0 spiro atoms. The van der Waals surface area contributed by atoms with Crippen LogP contribution in [0.15, 0.2) is 0 Å². The van der Waals surface area contributed by atoms with Gasteiger partial charge >= 0.3 is 0 Å². The van der Waals surface area contributed by atoms with Gasteiger partial charge in [0, 0.05) is 25.1 Å². The summed E-state index contributed by atoms with van der Waals surface area (Å²) in [6.07, 6.45) is 3.24. The zero-order chi connectivity index (χ0) is 8.10. The summed E-state index contributed by atoms with van der Waals surface area (Å²) in [4.78, 5) is 2.33. The second-order valence-corrected chi connectivity index (χ2v) is 3.73. The van der Waals surface area contributed by atoms with Crippen LogP contribution in [0.1, 0.15) is 19.3 Å². The number of piperidine rings is 1. The molecule has 1 aliphatic rings. The lowest BCUT2D eigenvalue weighted by atomic mass is 10.1. The highest BCUT2D eigenvalue weighted by Crippen LogP contribution is 2.14. The van der Waals surface area contributed by atoms with Gasteiger partial charge in [0.15, 0.2) is 0 Å². The topological polar surface area (TPSA) is 23.5 Å². The number of aliphatic hydroxyl groups excluding tert-OH is 1. The number of alkyl halides is 1. The molecule has 0 aromatic carbocycles. The van der Waals surface area contributed by atoms with Crippen molar-refractivity contribution in [1.29, 1.82) is 0 Å². The fourth-order valence-corrected chi connectivity index (χ4v) is 1.85. The summed E-state index contributed by atoms with van der Waals surface area (Å²) < 4.78 is 0. The highest BCUT2D eigenvalue weighted by Gasteiger charge is 2.16. The Hall–Kier alpha value is 0.210. The Morgan fingerprint density at radius 2 is 2.36 bits per heavy atom. The maximum atomic E-state index is 8.60. The first kappa shape index (κ1) is 9.30. The Morgan fingerprint density at radius 1 is 1.55 bits per heavy atom. The van der Waals surface area contributed by atoms with E-state index in [1.807, 2.05) is 0 Å². The third-order valence-corrected chi connectivity index (χ3v) is 2.44. The molecule has 1 N–H and O–H groups in total. The van der Waals surface area contributed by atoms with E-state index < -0.39 is 0 Å². The maximum absolute atomic E-state index is 8.60. The number of rotatable bonds is 3. The summed E-state index contributed by atoms with van der Waals surface area (Å²) in [6, 6.07) is 0. The van der Waals surface area contributed by atoms with Gasteiger partial charge in [0.1, 0.15) is 0 Å². The fraction of sp³-hybridized carbons (Fsp3) is 1.00. The monoisotopic (exact) mass is 177 g/mol. The Balaban J connectivity index is 2.12. The molecule has 3 heteroatoms. The van der Waals surface area contributed by atoms with E-state index in [0.29, 0.717) is 12.0 Å². The van der Waals surface area contributed by atoms with Crippen molar-refractivity contribution in [3.05, 3.63) is 0 Å². The van der Waals surface area contributed by atoms with Gasteiger partial charge in [-0.15, -0.1) is 11.6 Å². The van der Waals surface area contributed by atoms with E-state index in [0.717, 1.165) is 32.5 Å². The molecule has 0 bridgehead atoms. The van der Waals surface area contributed by atoms with Gasteiger partial charge in [0.05, 0.1) is 0 Å². The first-order valence-electron chi connectivity index (χ1n) is 4.30. The van der Waals surface area contributed by atoms with E-state index in [1.54, 1.807) is 0 Å². The van der Waals surface area contributed by atoms with Crippen molar-refractivity contribution >= 4 is 11.6 Å². The molecule has 11 heavy (non-hydrogen) atoms. The largest absolute Gasteiger partial charge is 0.396 e. The fourth-order valence-electron chi connectivity index (χ4n) is 1.50. The highest BCUT2D eigenvalue weighted by molar-refractivity contribution is 6.20. The van der Waals surface area contributed by atoms with Crippen molar-refractivity contribution in [2.45, 2.75) is 24.6 Å². The summed E-state index contributed by atoms with van der Waals surface area (Å²) in [6.45, 7) is 3.45. The number of likely N-dealkylation sites (tertiary alicyclic amines) is 1. The van der Waals surface area contributed by atoms with Gasteiger partial charge in [0.2, 0.25) is 0 Å². The Bertz CT molecular complexity index is 110. The molecule has 2 nitrogen and oxygen atoms in total. The Morgan fingerprint density at radius 3 is 3.00 bits per heavy atom. The molecule has 1 aliphatic heterocycles. The summed E-state index contributed by atoms with van der Waals surface area (Å²) in [7, 11) is 0. The molecule has 1 rings (SSSR count). The Labute approximate surface area is 73.1 Å². The van der Waals surface area contributed by atoms with Crippen LogP contribution in [0.2, 0.25) is 0 Å². The predicted molar refractivity (Wildman–Crippen MR) is 47.0 cm³/mol. The summed E-state index contributed by atoms with van der Waals surface area (Å²) in [5, 5.41) is 8.94. The normalized spacial score (nSPS) is 27.3. The van der Waals surface area contributed by atoms with Crippen LogP contribution in [0.25, 0.3) is 0 Å². The lowest BCUT2D eigenvalue weighted by molar-refractivity contribution is 0.200. The van der Waals surface area contributed by atoms with E-state index in [2.05, 4.69) is 4.90 Å². The van der Waals surface area contributed by atoms with Crippen molar-refractivity contribution in [3.8, 4) is 0 Å². The smallest absolute Gasteiger partial charge is 0.0463 e. The molecular weight excluding hydrogens is 162 g/mol. The average molecular weight is 178 g/mol. The van der Waals surface area contributed by atoms with Gasteiger partial charge in [0.25, 0.3) is 0 Å². The quantitative estimate of drug-likeness (QED) is 0.653. The van der Waals surface area contributed by atoms with Crippen LogP contribution < -0.4 is 0 Å². The van der Waals surface area contributed by atoms with Crippen molar-refractivity contribution < 1.29 is 5.11 Å². The Kier molecular flexibility index (Phi) is 4.20. The SMILES string of the molecule is OCCCN1CCCC(Cl)C1. The summed E-state index contributed by atoms with van der Waals surface area (Å²) >= 11 is 5.99. The maximum Gasteiger partial charge on any atom is 0.0463 e. The van der Waals surface area contributed by atoms with Crippen molar-refractivity contribution in [2.75, 3.05) is 26.2 Å². The van der Waals surface area contributed by atoms with Gasteiger partial charge < -0.3 is 10.0 Å². The molecule has 0 amide bonds. The van der Waals surface area contributed by atoms with Crippen molar-refractivity contribution in [1.82, 2.24) is 4.90 Å². The molecule has 0 aromatic heterocycles. The van der Waals surface area contributed by atoms with Crippen LogP contribution in [0, 0.1) is 0 Å². The average Bonchev–Trinajstić information content (AvgIpc) is 2.01. The van der Waals surface area contributed by atoms with E-state index in [1.165, 1.54) is 6.42 Å². The third kappa shape index (κ3) is 3.41. The number of aliphatic hydroxyl groups is 1. The van der Waals surface area contributed by atoms with Crippen LogP contribution in [-0.4, -0.2) is 41.6 Å². The van der Waals surface area contributed by atoms with Gasteiger partial charge in [-0.25, -0.2) is 0 Å². The van der Waals surface area contributed by atoms with Crippen LogP contribution in [-0.2, 0) is 0 Å². The third-order valence-electron chi connectivity index (χ3n) is 2.08. The first-order valence-corrected chi connectivity index (χ1v) is 4.74. The van der Waals surface area contributed by atoms with Crippen molar-refractivity contribution in [2.24, 2.45) is 0 Å². The molecular formula is C8H16ClNO. The molecule has 1 heterocycles. The van der Waals surface area contributed by atoms with Crippen LogP contribution >= 0.6 is 11.6 Å². The lowest BCUT2D eigenvalue weighted by Crippen LogP contribution is -2.36. The molecule has 66 valence electrons. The molecule has 0 aromatic rings. The van der Waals surface area contributed by atoms with Crippen LogP contribution in [0.3, 0.4) is 0 Å². The zero-order valence-electron chi connectivity index (χ0n) is 6.80. The van der Waals surface area contributed by atoms with Gasteiger partial charge in [-0.05, 0) is 25.8 Å². The number of nitrogens with zero attached hydrogens (tertiary/aromatic N) is 1. The molecule has 1 fully saturated rings. The summed E-state index contributed by atoms with van der Waals surface area (Å²) in [5.41, 5.74) is 0. The number of halogens is 1. The minimum Gasteiger partial charge on any atom is -0.396 e. The number of hydrogen-bond donors (Lipinski definition) is 1. The standard InChI is InChI=1S/C8H16ClNO/c9-8-3-1-4-10(7-8)5-2-6-11/h8,11H,1-7H2. The van der Waals surface area contributed by atoms with Crippen LogP contribution in [0.4, 0.5) is 0 Å². The highest BCUT2D eigenvalue weighted by atomic mass is 35.5. The van der Waals surface area contributed by atoms with E-state index >= 15 is 0 Å². The molecule has 1 atom stereocenters. The van der Waals surface area contributed by atoms with Gasteiger partial charge in [-0.3, -0.25) is 0 Å². The van der Waals surface area contributed by atoms with Crippen molar-refractivity contribution in [3.63, 3.8) is 0 Å². The molecule has 0 aliphatic carbocycles. The van der Waals surface area contributed by atoms with Gasteiger partial charge in [-0.2, -0.15) is 0 Å². The molecule has 1 unspecified atom stereocenters. The predicted octanol–water partition coefficient (Wildman–Crippen LogP) is 1.07. The minimum absolute atomic E-state index is 0.295. The number of hydrogen-bond acceptors (Lipinski definition) is 2. The zero-order valence-corrected chi connectivity index (χ0v) is 7.56. The second-order valence-electron chi connectivity index (χ2n) is 3.12.